The first kappa shape index (κ1) is 12.4. The molecule has 0 fully saturated rings. The second-order valence-corrected chi connectivity index (χ2v) is 5.81. The zero-order valence-electron chi connectivity index (χ0n) is 10.8. The van der Waals surface area contributed by atoms with Crippen molar-refractivity contribution in [2.24, 2.45) is 0 Å². The van der Waals surface area contributed by atoms with E-state index in [-0.39, 0.29) is 5.41 Å². The maximum Gasteiger partial charge on any atom is 0.196 e. The molecule has 2 aromatic heterocycles. The molecule has 0 aliphatic heterocycles. The number of aromatic amines is 1. The van der Waals surface area contributed by atoms with Crippen molar-refractivity contribution in [1.29, 1.82) is 0 Å². The Morgan fingerprint density at radius 1 is 1.29 bits per heavy atom. The fourth-order valence-electron chi connectivity index (χ4n) is 1.84. The minimum Gasteiger partial charge on any atom is -0.293 e. The van der Waals surface area contributed by atoms with Crippen LogP contribution in [0.3, 0.4) is 0 Å². The molecule has 2 rings (SSSR count). The average Bonchev–Trinajstić information content (AvgIpc) is 2.76. The highest BCUT2D eigenvalue weighted by atomic mass is 35.5. The first-order chi connectivity index (χ1) is 7.95. The lowest BCUT2D eigenvalue weighted by atomic mass is 9.92. The van der Waals surface area contributed by atoms with Gasteiger partial charge in [0.25, 0.3) is 0 Å². The summed E-state index contributed by atoms with van der Waals surface area (Å²) in [6, 6.07) is 0. The normalized spacial score (nSPS) is 12.5. The lowest BCUT2D eigenvalue weighted by molar-refractivity contribution is 0.559. The van der Waals surface area contributed by atoms with Crippen LogP contribution in [-0.4, -0.2) is 19.8 Å². The molecule has 0 spiro atoms. The first-order valence-electron chi connectivity index (χ1n) is 6.07. The molecule has 0 aliphatic carbocycles. The van der Waals surface area contributed by atoms with Crippen LogP contribution in [0.2, 0.25) is 5.02 Å². The smallest absolute Gasteiger partial charge is 0.196 e. The predicted molar refractivity (Wildman–Crippen MR) is 69.7 cm³/mol. The number of nitrogens with zero attached hydrogens (tertiary/aromatic N) is 3. The summed E-state index contributed by atoms with van der Waals surface area (Å²) >= 11 is 6.33. The summed E-state index contributed by atoms with van der Waals surface area (Å²) in [6.07, 6.45) is 3.19. The van der Waals surface area contributed by atoms with Crippen molar-refractivity contribution in [3.8, 4) is 0 Å². The van der Waals surface area contributed by atoms with Crippen LogP contribution in [0.5, 0.6) is 0 Å². The Morgan fingerprint density at radius 2 is 2.00 bits per heavy atom. The molecule has 2 heterocycles. The zero-order chi connectivity index (χ0) is 12.6. The number of unbranched alkanes of at least 4 members (excludes halogenated alkanes) is 1. The van der Waals surface area contributed by atoms with Crippen LogP contribution in [0.15, 0.2) is 0 Å². The van der Waals surface area contributed by atoms with E-state index in [1.54, 1.807) is 0 Å². The monoisotopic (exact) mass is 254 g/mol. The van der Waals surface area contributed by atoms with Gasteiger partial charge in [-0.25, -0.2) is 4.52 Å². The topological polar surface area (TPSA) is 46.0 Å². The second-order valence-electron chi connectivity index (χ2n) is 5.43. The first-order valence-corrected chi connectivity index (χ1v) is 6.45. The molecule has 4 nitrogen and oxygen atoms in total. The van der Waals surface area contributed by atoms with E-state index < -0.39 is 0 Å². The highest BCUT2D eigenvalue weighted by Crippen LogP contribution is 2.31. The van der Waals surface area contributed by atoms with Crippen LogP contribution < -0.4 is 0 Å². The zero-order valence-corrected chi connectivity index (χ0v) is 11.6. The Hall–Kier alpha value is -1.03. The van der Waals surface area contributed by atoms with E-state index in [2.05, 4.69) is 43.0 Å². The van der Waals surface area contributed by atoms with E-state index in [9.17, 15) is 0 Å². The van der Waals surface area contributed by atoms with Gasteiger partial charge in [0, 0.05) is 11.8 Å². The number of rotatable bonds is 3. The molecule has 0 atom stereocenters. The lowest BCUT2D eigenvalue weighted by Crippen LogP contribution is -2.13. The van der Waals surface area contributed by atoms with Crippen LogP contribution >= 0.6 is 11.6 Å². The Kier molecular flexibility index (Phi) is 3.17. The number of hydrogen-bond acceptors (Lipinski definition) is 2. The third kappa shape index (κ3) is 2.18. The average molecular weight is 255 g/mol. The Labute approximate surface area is 106 Å². The highest BCUT2D eigenvalue weighted by molar-refractivity contribution is 6.34. The largest absolute Gasteiger partial charge is 0.293 e. The quantitative estimate of drug-likeness (QED) is 0.913. The van der Waals surface area contributed by atoms with E-state index in [4.69, 9.17) is 11.6 Å². The second kappa shape index (κ2) is 4.33. The molecule has 0 aromatic carbocycles. The van der Waals surface area contributed by atoms with Crippen LogP contribution in [-0.2, 0) is 11.8 Å². The Balaban J connectivity index is 2.47. The SMILES string of the molecule is CCCCc1nnc2c(Cl)c(C(C)(C)C)[nH]n12. The summed E-state index contributed by atoms with van der Waals surface area (Å²) in [7, 11) is 0. The molecule has 2 aromatic rings. The molecule has 5 heteroatoms. The van der Waals surface area contributed by atoms with Gasteiger partial charge < -0.3 is 0 Å². The molecule has 0 unspecified atom stereocenters. The summed E-state index contributed by atoms with van der Waals surface area (Å²) in [4.78, 5) is 0. The van der Waals surface area contributed by atoms with E-state index in [1.165, 1.54) is 0 Å². The van der Waals surface area contributed by atoms with Gasteiger partial charge in [-0.2, -0.15) is 0 Å². The molecule has 1 N–H and O–H groups in total. The summed E-state index contributed by atoms with van der Waals surface area (Å²) in [5.74, 6) is 0.958. The minimum absolute atomic E-state index is 0.0141. The van der Waals surface area contributed by atoms with Crippen LogP contribution in [0.1, 0.15) is 52.1 Å². The van der Waals surface area contributed by atoms with Crippen molar-refractivity contribution >= 4 is 17.2 Å². The van der Waals surface area contributed by atoms with Gasteiger partial charge in [-0.1, -0.05) is 45.7 Å². The van der Waals surface area contributed by atoms with Crippen LogP contribution in [0, 0.1) is 0 Å². The molecule has 17 heavy (non-hydrogen) atoms. The third-order valence-electron chi connectivity index (χ3n) is 2.87. The maximum absolute atomic E-state index is 6.33. The van der Waals surface area contributed by atoms with Crippen molar-refractivity contribution in [2.75, 3.05) is 0 Å². The molecule has 0 bridgehead atoms. The Morgan fingerprint density at radius 3 is 2.59 bits per heavy atom. The summed E-state index contributed by atoms with van der Waals surface area (Å²) < 4.78 is 1.92. The van der Waals surface area contributed by atoms with Crippen molar-refractivity contribution < 1.29 is 0 Å². The van der Waals surface area contributed by atoms with Crippen molar-refractivity contribution in [1.82, 2.24) is 19.8 Å². The van der Waals surface area contributed by atoms with E-state index in [0.717, 1.165) is 36.4 Å². The summed E-state index contributed by atoms with van der Waals surface area (Å²) in [5.41, 5.74) is 1.74. The van der Waals surface area contributed by atoms with Gasteiger partial charge in [-0.3, -0.25) is 5.10 Å². The summed E-state index contributed by atoms with van der Waals surface area (Å²) in [5, 5.41) is 12.3. The molecular formula is C12H19ClN4. The number of halogens is 1. The fourth-order valence-corrected chi connectivity index (χ4v) is 2.29. The molecule has 0 saturated heterocycles. The van der Waals surface area contributed by atoms with Gasteiger partial charge in [0.05, 0.1) is 5.69 Å². The fraction of sp³-hybridized carbons (Fsp3) is 0.667. The lowest BCUT2D eigenvalue weighted by Gasteiger charge is -2.16. The molecule has 0 aliphatic rings. The highest BCUT2D eigenvalue weighted by Gasteiger charge is 2.24. The van der Waals surface area contributed by atoms with Gasteiger partial charge in [-0.05, 0) is 6.42 Å². The molecule has 0 amide bonds. The maximum atomic E-state index is 6.33. The number of H-pyrrole nitrogens is 1. The standard InChI is InChI=1S/C12H19ClN4/c1-5-6-7-8-14-15-11-9(13)10(12(2,3)4)16-17(8)11/h16H,5-7H2,1-4H3. The van der Waals surface area contributed by atoms with Crippen molar-refractivity contribution in [2.45, 2.75) is 52.4 Å². The predicted octanol–water partition coefficient (Wildman–Crippen LogP) is 3.35. The van der Waals surface area contributed by atoms with Crippen molar-refractivity contribution in [3.05, 3.63) is 16.5 Å². The molecular weight excluding hydrogens is 236 g/mol. The van der Waals surface area contributed by atoms with Crippen molar-refractivity contribution in [3.63, 3.8) is 0 Å². The number of aryl methyl sites for hydroxylation is 1. The Bertz CT molecular complexity index is 518. The van der Waals surface area contributed by atoms with Gasteiger partial charge in [0.1, 0.15) is 5.02 Å². The van der Waals surface area contributed by atoms with Gasteiger partial charge in [0.15, 0.2) is 11.5 Å². The van der Waals surface area contributed by atoms with E-state index in [0.29, 0.717) is 5.02 Å². The summed E-state index contributed by atoms with van der Waals surface area (Å²) in [6.45, 7) is 8.55. The molecule has 0 radical (unpaired) electrons. The van der Waals surface area contributed by atoms with E-state index >= 15 is 0 Å². The molecule has 0 saturated carbocycles. The number of hydrogen-bond donors (Lipinski definition) is 1. The number of nitrogens with one attached hydrogen (secondary N) is 1. The van der Waals surface area contributed by atoms with Crippen LogP contribution in [0.25, 0.3) is 5.65 Å². The van der Waals surface area contributed by atoms with Gasteiger partial charge in [0.2, 0.25) is 0 Å². The van der Waals surface area contributed by atoms with Gasteiger partial charge >= 0.3 is 0 Å². The van der Waals surface area contributed by atoms with Gasteiger partial charge in [-0.15, -0.1) is 10.2 Å². The number of fused-ring (bicyclic) bond motifs is 1. The van der Waals surface area contributed by atoms with Crippen LogP contribution in [0.4, 0.5) is 0 Å². The number of aromatic nitrogens is 4. The minimum atomic E-state index is -0.0141. The molecule has 94 valence electrons. The van der Waals surface area contributed by atoms with E-state index in [1.807, 2.05) is 4.52 Å². The third-order valence-corrected chi connectivity index (χ3v) is 3.23.